The molecular formula is C23H18N4O3S. The average molecular weight is 430 g/mol. The third kappa shape index (κ3) is 3.47. The number of nitrogens with one attached hydrogen (secondary N) is 1. The molecule has 0 atom stereocenters. The summed E-state index contributed by atoms with van der Waals surface area (Å²) in [4.78, 5) is 16.7. The van der Waals surface area contributed by atoms with E-state index in [4.69, 9.17) is 4.74 Å². The molecule has 154 valence electrons. The summed E-state index contributed by atoms with van der Waals surface area (Å²) in [6.07, 6.45) is 1.64. The number of ether oxygens (including phenoxy) is 1. The topological polar surface area (TPSA) is 88.2 Å². The Hall–Kier alpha value is -3.91. The largest absolute Gasteiger partial charge is 0.507 e. The standard InChI is InChI=1S/C23H18N4O3S/c1-24-23-27(25-11-17-16-5-3-2-4-14(16)6-8-20(17)28)19(13-31-23)15-7-9-21-18(10-15)26-22(29)12-30-21/h2-11,13,28H,12H2,1H3,(H,26,29). The van der Waals surface area contributed by atoms with Crippen LogP contribution in [0.3, 0.4) is 0 Å². The van der Waals surface area contributed by atoms with E-state index in [1.54, 1.807) is 24.0 Å². The molecule has 0 fully saturated rings. The van der Waals surface area contributed by atoms with Crippen LogP contribution in [0.15, 0.2) is 70.1 Å². The van der Waals surface area contributed by atoms with Gasteiger partial charge in [0.25, 0.3) is 5.91 Å². The van der Waals surface area contributed by atoms with Gasteiger partial charge in [0.15, 0.2) is 6.61 Å². The van der Waals surface area contributed by atoms with E-state index in [0.717, 1.165) is 22.0 Å². The highest BCUT2D eigenvalue weighted by Crippen LogP contribution is 2.33. The molecule has 5 rings (SSSR count). The minimum Gasteiger partial charge on any atom is -0.507 e. The fraction of sp³-hybridized carbons (Fsp3) is 0.0870. The number of amides is 1. The molecule has 0 radical (unpaired) electrons. The van der Waals surface area contributed by atoms with Gasteiger partial charge < -0.3 is 15.2 Å². The first-order valence-electron chi connectivity index (χ1n) is 9.59. The Morgan fingerprint density at radius 2 is 2.06 bits per heavy atom. The summed E-state index contributed by atoms with van der Waals surface area (Å²) in [7, 11) is 1.71. The van der Waals surface area contributed by atoms with E-state index >= 15 is 0 Å². The monoisotopic (exact) mass is 430 g/mol. The molecule has 0 spiro atoms. The Morgan fingerprint density at radius 1 is 1.19 bits per heavy atom. The van der Waals surface area contributed by atoms with E-state index < -0.39 is 0 Å². The van der Waals surface area contributed by atoms with E-state index in [1.807, 2.05) is 53.9 Å². The molecule has 8 heteroatoms. The molecule has 1 aliphatic rings. The number of nitrogens with zero attached hydrogens (tertiary/aromatic N) is 3. The highest BCUT2D eigenvalue weighted by molar-refractivity contribution is 7.07. The van der Waals surface area contributed by atoms with Crippen LogP contribution in [0.2, 0.25) is 0 Å². The van der Waals surface area contributed by atoms with Crippen molar-refractivity contribution in [3.05, 3.63) is 70.3 Å². The fourth-order valence-electron chi connectivity index (χ4n) is 3.54. The predicted molar refractivity (Wildman–Crippen MR) is 122 cm³/mol. The number of thiazole rings is 1. The maximum atomic E-state index is 11.7. The van der Waals surface area contributed by atoms with Crippen LogP contribution in [0.25, 0.3) is 22.0 Å². The number of fused-ring (bicyclic) bond motifs is 2. The molecule has 0 aliphatic carbocycles. The number of phenols is 1. The summed E-state index contributed by atoms with van der Waals surface area (Å²) in [6, 6.07) is 17.0. The first-order chi connectivity index (χ1) is 15.1. The van der Waals surface area contributed by atoms with Crippen LogP contribution in [-0.2, 0) is 4.79 Å². The van der Waals surface area contributed by atoms with Crippen molar-refractivity contribution in [1.82, 2.24) is 4.68 Å². The van der Waals surface area contributed by atoms with Gasteiger partial charge >= 0.3 is 0 Å². The van der Waals surface area contributed by atoms with Gasteiger partial charge in [-0.25, -0.2) is 4.68 Å². The lowest BCUT2D eigenvalue weighted by atomic mass is 10.0. The Balaban J connectivity index is 1.61. The molecule has 0 saturated heterocycles. The molecule has 2 heterocycles. The normalized spacial score (nSPS) is 14.0. The van der Waals surface area contributed by atoms with E-state index in [9.17, 15) is 9.90 Å². The Morgan fingerprint density at radius 3 is 2.94 bits per heavy atom. The molecule has 2 N–H and O–H groups in total. The molecule has 3 aromatic carbocycles. The van der Waals surface area contributed by atoms with Crippen molar-refractivity contribution in [3.8, 4) is 22.8 Å². The van der Waals surface area contributed by atoms with Gasteiger partial charge in [0, 0.05) is 23.6 Å². The zero-order valence-electron chi connectivity index (χ0n) is 16.6. The number of anilines is 1. The predicted octanol–water partition coefficient (Wildman–Crippen LogP) is 3.82. The smallest absolute Gasteiger partial charge is 0.262 e. The van der Waals surface area contributed by atoms with Crippen LogP contribution >= 0.6 is 11.3 Å². The second-order valence-corrected chi connectivity index (χ2v) is 7.79. The highest BCUT2D eigenvalue weighted by Gasteiger charge is 2.18. The molecule has 0 unspecified atom stereocenters. The van der Waals surface area contributed by atoms with Crippen molar-refractivity contribution < 1.29 is 14.6 Å². The van der Waals surface area contributed by atoms with Crippen molar-refractivity contribution in [3.63, 3.8) is 0 Å². The number of benzene rings is 3. The molecule has 1 amide bonds. The zero-order valence-corrected chi connectivity index (χ0v) is 17.4. The lowest BCUT2D eigenvalue weighted by molar-refractivity contribution is -0.118. The zero-order chi connectivity index (χ0) is 21.4. The van der Waals surface area contributed by atoms with Gasteiger partial charge in [-0.15, -0.1) is 11.3 Å². The van der Waals surface area contributed by atoms with Gasteiger partial charge in [-0.1, -0.05) is 30.3 Å². The number of carbonyl (C=O) groups excluding carboxylic acids is 1. The SMILES string of the molecule is CN=c1scc(-c2ccc3c(c2)NC(=O)CO3)n1N=Cc1c(O)ccc2ccccc12. The van der Waals surface area contributed by atoms with E-state index in [1.165, 1.54) is 11.3 Å². The summed E-state index contributed by atoms with van der Waals surface area (Å²) in [6.45, 7) is 0.0163. The summed E-state index contributed by atoms with van der Waals surface area (Å²) in [5.41, 5.74) is 2.92. The van der Waals surface area contributed by atoms with Crippen molar-refractivity contribution in [2.45, 2.75) is 0 Å². The van der Waals surface area contributed by atoms with Crippen LogP contribution in [0.4, 0.5) is 5.69 Å². The summed E-state index contributed by atoms with van der Waals surface area (Å²) in [5.74, 6) is 0.606. The number of aromatic nitrogens is 1. The van der Waals surface area contributed by atoms with Gasteiger partial charge in [-0.2, -0.15) is 5.10 Å². The lowest BCUT2D eigenvalue weighted by Gasteiger charge is -2.18. The van der Waals surface area contributed by atoms with E-state index in [0.29, 0.717) is 21.8 Å². The minimum absolute atomic E-state index is 0.0163. The first kappa shape index (κ1) is 19.1. The maximum absolute atomic E-state index is 11.7. The second kappa shape index (κ2) is 7.73. The molecular weight excluding hydrogens is 412 g/mol. The Labute approximate surface area is 181 Å². The third-order valence-electron chi connectivity index (χ3n) is 5.03. The van der Waals surface area contributed by atoms with Crippen molar-refractivity contribution in [1.29, 1.82) is 0 Å². The number of aromatic hydroxyl groups is 1. The molecule has 7 nitrogen and oxygen atoms in total. The molecule has 1 aliphatic heterocycles. The summed E-state index contributed by atoms with van der Waals surface area (Å²) < 4.78 is 7.17. The van der Waals surface area contributed by atoms with Gasteiger partial charge in [-0.3, -0.25) is 9.79 Å². The van der Waals surface area contributed by atoms with Crippen molar-refractivity contribution >= 4 is 39.9 Å². The van der Waals surface area contributed by atoms with Crippen LogP contribution in [0.1, 0.15) is 5.56 Å². The average Bonchev–Trinajstić information content (AvgIpc) is 3.20. The number of hydrogen-bond donors (Lipinski definition) is 2. The number of hydrogen-bond acceptors (Lipinski definition) is 6. The van der Waals surface area contributed by atoms with Gasteiger partial charge in [0.05, 0.1) is 17.6 Å². The van der Waals surface area contributed by atoms with Crippen LogP contribution in [-0.4, -0.2) is 35.6 Å². The van der Waals surface area contributed by atoms with Gasteiger partial charge in [0.2, 0.25) is 4.80 Å². The molecule has 31 heavy (non-hydrogen) atoms. The molecule has 4 aromatic rings. The number of carbonyl (C=O) groups is 1. The second-order valence-electron chi connectivity index (χ2n) is 6.95. The fourth-order valence-corrected chi connectivity index (χ4v) is 4.34. The Bertz CT molecular complexity index is 1420. The third-order valence-corrected chi connectivity index (χ3v) is 5.94. The maximum Gasteiger partial charge on any atom is 0.262 e. The molecule has 1 aromatic heterocycles. The molecule has 0 bridgehead atoms. The quantitative estimate of drug-likeness (QED) is 0.485. The van der Waals surface area contributed by atoms with Crippen LogP contribution < -0.4 is 14.9 Å². The summed E-state index contributed by atoms with van der Waals surface area (Å²) in [5, 5.41) is 21.8. The minimum atomic E-state index is -0.184. The van der Waals surface area contributed by atoms with Gasteiger partial charge in [-0.05, 0) is 35.0 Å². The van der Waals surface area contributed by atoms with Gasteiger partial charge in [0.1, 0.15) is 11.5 Å². The Kier molecular flexibility index (Phi) is 4.76. The molecule has 0 saturated carbocycles. The summed E-state index contributed by atoms with van der Waals surface area (Å²) >= 11 is 1.45. The number of rotatable bonds is 3. The first-order valence-corrected chi connectivity index (χ1v) is 10.5. The highest BCUT2D eigenvalue weighted by atomic mass is 32.1. The van der Waals surface area contributed by atoms with E-state index in [-0.39, 0.29) is 18.3 Å². The lowest BCUT2D eigenvalue weighted by Crippen LogP contribution is -2.25. The van der Waals surface area contributed by atoms with Crippen LogP contribution in [0.5, 0.6) is 11.5 Å². The van der Waals surface area contributed by atoms with Crippen LogP contribution in [0, 0.1) is 0 Å². The van der Waals surface area contributed by atoms with Crippen molar-refractivity contribution in [2.24, 2.45) is 10.1 Å². The number of phenolic OH excluding ortho intramolecular Hbond substituents is 1. The van der Waals surface area contributed by atoms with Crippen molar-refractivity contribution in [2.75, 3.05) is 19.0 Å². The van der Waals surface area contributed by atoms with E-state index in [2.05, 4.69) is 15.4 Å².